The molecular formula is C20H20BrF2NO. The first-order valence-corrected chi connectivity index (χ1v) is 7.84. The number of hydrogen-bond acceptors (Lipinski definition) is 2. The highest BCUT2D eigenvalue weighted by atomic mass is 79.9. The zero-order chi connectivity index (χ0) is 17.1. The van der Waals surface area contributed by atoms with Crippen molar-refractivity contribution in [2.75, 3.05) is 13.6 Å². The highest BCUT2D eigenvalue weighted by Crippen LogP contribution is 2.37. The van der Waals surface area contributed by atoms with Crippen LogP contribution in [-0.4, -0.2) is 23.6 Å². The van der Waals surface area contributed by atoms with Gasteiger partial charge in [-0.25, -0.2) is 8.78 Å². The SMILES string of the molecule is Br.CN1C=CC(CC(c2ccc(F)cc2)c2cc(F)ccc2O)=CC1. The number of benzene rings is 2. The van der Waals surface area contributed by atoms with Crippen molar-refractivity contribution in [1.82, 2.24) is 4.90 Å². The maximum atomic E-state index is 13.7. The molecule has 1 aliphatic rings. The van der Waals surface area contributed by atoms with E-state index in [2.05, 4.69) is 11.0 Å². The maximum absolute atomic E-state index is 13.7. The molecule has 3 rings (SSSR count). The van der Waals surface area contributed by atoms with E-state index in [1.165, 1.54) is 30.3 Å². The zero-order valence-corrected chi connectivity index (χ0v) is 15.5. The lowest BCUT2D eigenvalue weighted by Gasteiger charge is -2.23. The summed E-state index contributed by atoms with van der Waals surface area (Å²) < 4.78 is 27.0. The Bertz CT molecular complexity index is 787. The number of aromatic hydroxyl groups is 1. The molecule has 2 aromatic rings. The van der Waals surface area contributed by atoms with E-state index in [4.69, 9.17) is 0 Å². The second-order valence-corrected chi connectivity index (χ2v) is 6.05. The Morgan fingerprint density at radius 1 is 1.08 bits per heavy atom. The van der Waals surface area contributed by atoms with E-state index in [-0.39, 0.29) is 34.5 Å². The number of phenolic OH excluding ortho intramolecular Hbond substituents is 1. The predicted molar refractivity (Wildman–Crippen MR) is 101 cm³/mol. The number of phenols is 1. The van der Waals surface area contributed by atoms with Crippen molar-refractivity contribution >= 4 is 17.0 Å². The summed E-state index contributed by atoms with van der Waals surface area (Å²) in [5.41, 5.74) is 2.45. The van der Waals surface area contributed by atoms with Crippen molar-refractivity contribution in [1.29, 1.82) is 0 Å². The van der Waals surface area contributed by atoms with Gasteiger partial charge in [0, 0.05) is 25.1 Å². The highest BCUT2D eigenvalue weighted by Gasteiger charge is 2.20. The van der Waals surface area contributed by atoms with Gasteiger partial charge < -0.3 is 10.0 Å². The number of halogens is 3. The second kappa shape index (κ2) is 8.30. The van der Waals surface area contributed by atoms with Crippen molar-refractivity contribution in [2.24, 2.45) is 0 Å². The first-order chi connectivity index (χ1) is 11.5. The highest BCUT2D eigenvalue weighted by molar-refractivity contribution is 8.93. The lowest BCUT2D eigenvalue weighted by molar-refractivity contribution is 0.461. The fourth-order valence-corrected chi connectivity index (χ4v) is 2.91. The zero-order valence-electron chi connectivity index (χ0n) is 13.8. The minimum atomic E-state index is -0.400. The van der Waals surface area contributed by atoms with Crippen LogP contribution in [0.15, 0.2) is 66.4 Å². The number of hydrogen-bond donors (Lipinski definition) is 1. The Hall–Kier alpha value is -2.14. The van der Waals surface area contributed by atoms with E-state index in [1.807, 2.05) is 19.3 Å². The van der Waals surface area contributed by atoms with Gasteiger partial charge in [0.1, 0.15) is 17.4 Å². The van der Waals surface area contributed by atoms with Crippen LogP contribution in [-0.2, 0) is 0 Å². The molecule has 0 fully saturated rings. The van der Waals surface area contributed by atoms with Gasteiger partial charge in [0.05, 0.1) is 0 Å². The molecule has 5 heteroatoms. The van der Waals surface area contributed by atoms with Crippen molar-refractivity contribution < 1.29 is 13.9 Å². The Kier molecular flexibility index (Phi) is 6.37. The molecule has 0 aliphatic carbocycles. The van der Waals surface area contributed by atoms with E-state index in [9.17, 15) is 13.9 Å². The molecule has 1 heterocycles. The van der Waals surface area contributed by atoms with Crippen molar-refractivity contribution in [3.05, 3.63) is 89.2 Å². The lowest BCUT2D eigenvalue weighted by Crippen LogP contribution is -2.14. The Labute approximate surface area is 156 Å². The molecule has 1 unspecified atom stereocenters. The average molecular weight is 408 g/mol. The van der Waals surface area contributed by atoms with Gasteiger partial charge in [-0.1, -0.05) is 18.2 Å². The van der Waals surface area contributed by atoms with Crippen LogP contribution in [0.25, 0.3) is 0 Å². The van der Waals surface area contributed by atoms with Crippen LogP contribution in [0.2, 0.25) is 0 Å². The molecule has 1 aliphatic heterocycles. The summed E-state index contributed by atoms with van der Waals surface area (Å²) >= 11 is 0. The van der Waals surface area contributed by atoms with E-state index in [0.29, 0.717) is 12.0 Å². The minimum Gasteiger partial charge on any atom is -0.508 e. The smallest absolute Gasteiger partial charge is 0.123 e. The number of likely N-dealkylation sites (N-methyl/N-ethyl adjacent to an activating group) is 1. The van der Waals surface area contributed by atoms with Gasteiger partial charge in [0.2, 0.25) is 0 Å². The summed E-state index contributed by atoms with van der Waals surface area (Å²) in [5, 5.41) is 10.2. The van der Waals surface area contributed by atoms with Gasteiger partial charge >= 0.3 is 0 Å². The van der Waals surface area contributed by atoms with Crippen LogP contribution in [0, 0.1) is 11.6 Å². The van der Waals surface area contributed by atoms with Crippen molar-refractivity contribution in [3.8, 4) is 5.75 Å². The number of allylic oxidation sites excluding steroid dienone is 2. The summed E-state index contributed by atoms with van der Waals surface area (Å²) in [6.45, 7) is 0.803. The largest absolute Gasteiger partial charge is 0.508 e. The molecule has 0 spiro atoms. The Balaban J connectivity index is 0.00000225. The molecule has 2 aromatic carbocycles. The number of rotatable bonds is 4. The Morgan fingerprint density at radius 3 is 2.40 bits per heavy atom. The Morgan fingerprint density at radius 2 is 1.76 bits per heavy atom. The minimum absolute atomic E-state index is 0. The van der Waals surface area contributed by atoms with Crippen molar-refractivity contribution in [2.45, 2.75) is 12.3 Å². The van der Waals surface area contributed by atoms with Crippen molar-refractivity contribution in [3.63, 3.8) is 0 Å². The third-order valence-electron chi connectivity index (χ3n) is 4.26. The molecule has 0 radical (unpaired) electrons. The summed E-state index contributed by atoms with van der Waals surface area (Å²) in [6, 6.07) is 10.1. The molecule has 132 valence electrons. The standard InChI is InChI=1S/C20H19F2NO.BrH/c1-23-10-8-14(9-11-23)12-18(15-2-4-16(21)5-3-15)19-13-17(22)6-7-20(19)24;/h2-10,13,18,24H,11-12H2,1H3;1H. The molecule has 0 saturated carbocycles. The van der Waals surface area contributed by atoms with Gasteiger partial charge in [-0.3, -0.25) is 0 Å². The third kappa shape index (κ3) is 4.69. The molecule has 2 nitrogen and oxygen atoms in total. The summed E-state index contributed by atoms with van der Waals surface area (Å²) in [6.07, 6.45) is 6.71. The van der Waals surface area contributed by atoms with E-state index in [1.54, 1.807) is 12.1 Å². The predicted octanol–water partition coefficient (Wildman–Crippen LogP) is 5.16. The van der Waals surface area contributed by atoms with Gasteiger partial charge in [0.15, 0.2) is 0 Å². The molecule has 0 saturated heterocycles. The maximum Gasteiger partial charge on any atom is 0.123 e. The molecule has 0 bridgehead atoms. The van der Waals surface area contributed by atoms with Gasteiger partial charge in [-0.05, 0) is 60.2 Å². The van der Waals surface area contributed by atoms with Gasteiger partial charge in [0.25, 0.3) is 0 Å². The lowest BCUT2D eigenvalue weighted by atomic mass is 9.84. The topological polar surface area (TPSA) is 23.5 Å². The third-order valence-corrected chi connectivity index (χ3v) is 4.26. The summed E-state index contributed by atoms with van der Waals surface area (Å²) in [5.74, 6) is -0.925. The van der Waals surface area contributed by atoms with Crippen LogP contribution in [0.5, 0.6) is 5.75 Å². The monoisotopic (exact) mass is 407 g/mol. The van der Waals surface area contributed by atoms with Crippen LogP contribution in [0.1, 0.15) is 23.5 Å². The van der Waals surface area contributed by atoms with Crippen LogP contribution < -0.4 is 0 Å². The quantitative estimate of drug-likeness (QED) is 0.756. The van der Waals surface area contributed by atoms with Crippen LogP contribution in [0.4, 0.5) is 8.78 Å². The summed E-state index contributed by atoms with van der Waals surface area (Å²) in [4.78, 5) is 2.05. The van der Waals surface area contributed by atoms with E-state index >= 15 is 0 Å². The average Bonchev–Trinajstić information content (AvgIpc) is 2.58. The molecular weight excluding hydrogens is 388 g/mol. The van der Waals surface area contributed by atoms with E-state index < -0.39 is 5.82 Å². The molecule has 0 aromatic heterocycles. The van der Waals surface area contributed by atoms with Crippen LogP contribution in [0.3, 0.4) is 0 Å². The first kappa shape index (κ1) is 19.2. The van der Waals surface area contributed by atoms with Crippen LogP contribution >= 0.6 is 17.0 Å². The molecule has 1 N–H and O–H groups in total. The van der Waals surface area contributed by atoms with Gasteiger partial charge in [-0.2, -0.15) is 0 Å². The number of nitrogens with zero attached hydrogens (tertiary/aromatic N) is 1. The first-order valence-electron chi connectivity index (χ1n) is 7.84. The molecule has 0 amide bonds. The van der Waals surface area contributed by atoms with Gasteiger partial charge in [-0.15, -0.1) is 17.0 Å². The molecule has 1 atom stereocenters. The normalized spacial score (nSPS) is 14.7. The van der Waals surface area contributed by atoms with E-state index in [0.717, 1.165) is 17.7 Å². The summed E-state index contributed by atoms with van der Waals surface area (Å²) in [7, 11) is 1.99. The second-order valence-electron chi connectivity index (χ2n) is 6.05. The fourth-order valence-electron chi connectivity index (χ4n) is 2.91. The molecule has 25 heavy (non-hydrogen) atoms. The fraction of sp³-hybridized carbons (Fsp3) is 0.200.